The minimum Gasteiger partial charge on any atom is -0.286 e. The molecule has 104 valence electrons. The lowest BCUT2D eigenvalue weighted by atomic mass is 10.0. The summed E-state index contributed by atoms with van der Waals surface area (Å²) in [5.41, 5.74) is 2.22. The van der Waals surface area contributed by atoms with E-state index in [1.807, 2.05) is 0 Å². The van der Waals surface area contributed by atoms with Crippen LogP contribution in [0.25, 0.3) is 0 Å². The highest BCUT2D eigenvalue weighted by molar-refractivity contribution is 5.25. The molecule has 0 unspecified atom stereocenters. The van der Waals surface area contributed by atoms with Gasteiger partial charge < -0.3 is 0 Å². The first kappa shape index (κ1) is 14.3. The topological polar surface area (TPSA) is 49.4 Å². The van der Waals surface area contributed by atoms with Crippen LogP contribution in [0.15, 0.2) is 32.1 Å². The Morgan fingerprint density at radius 2 is 0.850 bits per heavy atom. The second-order valence-electron chi connectivity index (χ2n) is 4.77. The number of rotatable bonds is 0. The van der Waals surface area contributed by atoms with Crippen molar-refractivity contribution in [1.82, 2.24) is 0 Å². The maximum atomic E-state index is 4.44. The third-order valence-electron chi connectivity index (χ3n) is 3.61. The van der Waals surface area contributed by atoms with E-state index in [0.717, 1.165) is 43.0 Å². The van der Waals surface area contributed by atoms with E-state index in [0.29, 0.717) is 0 Å². The summed E-state index contributed by atoms with van der Waals surface area (Å²) >= 11 is 0. The highest BCUT2D eigenvalue weighted by Crippen LogP contribution is 1.94. The van der Waals surface area contributed by atoms with E-state index in [4.69, 9.17) is 0 Å². The minimum absolute atomic E-state index is 0.929. The Balaban J connectivity index is 3.45. The average Bonchev–Trinajstić information content (AvgIpc) is 2.45. The standard InChI is InChI=1S/C16H20N4/c1-9-7-11-12(15(19-5)13(9)17-3)8-10(2)14(18-4)16(11)20-6/h7-8H,1-6H3/b17-13-,18-14-,19-15-,20-16-. The van der Waals surface area contributed by atoms with Gasteiger partial charge in [-0.2, -0.15) is 0 Å². The second-order valence-corrected chi connectivity index (χ2v) is 4.77. The molecule has 4 heteroatoms. The lowest BCUT2D eigenvalue weighted by Crippen LogP contribution is -2.36. The van der Waals surface area contributed by atoms with Gasteiger partial charge in [0.25, 0.3) is 0 Å². The zero-order chi connectivity index (χ0) is 14.9. The molecule has 0 bridgehead atoms. The Hall–Kier alpha value is -2.10. The predicted molar refractivity (Wildman–Crippen MR) is 79.5 cm³/mol. The van der Waals surface area contributed by atoms with E-state index in [9.17, 15) is 0 Å². The first-order chi connectivity index (χ1) is 9.58. The third-order valence-corrected chi connectivity index (χ3v) is 3.61. The Morgan fingerprint density at radius 1 is 0.550 bits per heavy atom. The fourth-order valence-electron chi connectivity index (χ4n) is 2.76. The summed E-state index contributed by atoms with van der Waals surface area (Å²) in [5.74, 6) is 0. The van der Waals surface area contributed by atoms with Gasteiger partial charge in [0.2, 0.25) is 0 Å². The Morgan fingerprint density at radius 3 is 1.10 bits per heavy atom. The molecule has 2 aliphatic carbocycles. The number of aryl methyl sites for hydroxylation is 2. The Kier molecular flexibility index (Phi) is 3.93. The molecule has 0 aliphatic heterocycles. The SMILES string of the molecule is C/N=c1/c(C)cc2c(=N/C)/c(=N\C)c(C)cc=2/c1=N/C. The van der Waals surface area contributed by atoms with Crippen LogP contribution in [0, 0.1) is 24.3 Å². The second kappa shape index (κ2) is 5.49. The van der Waals surface area contributed by atoms with Crippen molar-refractivity contribution in [2.45, 2.75) is 13.8 Å². The van der Waals surface area contributed by atoms with Crippen LogP contribution in [0.2, 0.25) is 0 Å². The van der Waals surface area contributed by atoms with Crippen molar-refractivity contribution in [2.75, 3.05) is 28.2 Å². The summed E-state index contributed by atoms with van der Waals surface area (Å²) in [6, 6.07) is 4.26. The first-order valence-corrected chi connectivity index (χ1v) is 6.59. The van der Waals surface area contributed by atoms with Gasteiger partial charge >= 0.3 is 0 Å². The van der Waals surface area contributed by atoms with Crippen LogP contribution in [0.1, 0.15) is 11.1 Å². The molecule has 0 saturated heterocycles. The van der Waals surface area contributed by atoms with Crippen LogP contribution in [0.3, 0.4) is 0 Å². The molecule has 0 fully saturated rings. The molecule has 20 heavy (non-hydrogen) atoms. The van der Waals surface area contributed by atoms with Crippen molar-refractivity contribution in [3.05, 3.63) is 55.1 Å². The lowest BCUT2D eigenvalue weighted by molar-refractivity contribution is 1.05. The average molecular weight is 268 g/mol. The molecule has 0 aromatic carbocycles. The van der Waals surface area contributed by atoms with E-state index in [-0.39, 0.29) is 0 Å². The predicted octanol–water partition coefficient (Wildman–Crippen LogP) is 0.0258. The van der Waals surface area contributed by atoms with Crippen molar-refractivity contribution < 1.29 is 0 Å². The molecule has 0 amide bonds. The molecule has 0 radical (unpaired) electrons. The smallest absolute Gasteiger partial charge is 0.0904 e. The molecule has 0 heterocycles. The van der Waals surface area contributed by atoms with Crippen molar-refractivity contribution in [2.24, 2.45) is 20.0 Å². The molecule has 2 rings (SSSR count). The monoisotopic (exact) mass is 268 g/mol. The zero-order valence-electron chi connectivity index (χ0n) is 12.9. The summed E-state index contributed by atoms with van der Waals surface area (Å²) in [6.45, 7) is 4.11. The fourth-order valence-corrected chi connectivity index (χ4v) is 2.76. The molecule has 4 nitrogen and oxygen atoms in total. The molecule has 0 saturated carbocycles. The van der Waals surface area contributed by atoms with Crippen LogP contribution in [0.4, 0.5) is 0 Å². The molecule has 2 aliphatic rings. The summed E-state index contributed by atoms with van der Waals surface area (Å²) in [4.78, 5) is 17.6. The fraction of sp³-hybridized carbons (Fsp3) is 0.375. The summed E-state index contributed by atoms with van der Waals surface area (Å²) in [6.07, 6.45) is 0. The van der Waals surface area contributed by atoms with Gasteiger partial charge in [-0.25, -0.2) is 0 Å². The number of nitrogens with zero attached hydrogens (tertiary/aromatic N) is 4. The third kappa shape index (κ3) is 2.01. The Bertz CT molecular complexity index is 876. The zero-order valence-corrected chi connectivity index (χ0v) is 12.9. The van der Waals surface area contributed by atoms with Crippen molar-refractivity contribution >= 4 is 0 Å². The molecule has 0 spiro atoms. The van der Waals surface area contributed by atoms with Crippen LogP contribution >= 0.6 is 0 Å². The molecular weight excluding hydrogens is 248 g/mol. The van der Waals surface area contributed by atoms with Crippen LogP contribution in [0.5, 0.6) is 0 Å². The Labute approximate surface area is 118 Å². The van der Waals surface area contributed by atoms with Crippen molar-refractivity contribution in [3.63, 3.8) is 0 Å². The molecule has 0 atom stereocenters. The van der Waals surface area contributed by atoms with Crippen molar-refractivity contribution in [3.8, 4) is 0 Å². The number of hydrogen-bond donors (Lipinski definition) is 0. The van der Waals surface area contributed by atoms with Gasteiger partial charge in [-0.05, 0) is 37.1 Å². The molecule has 0 aromatic heterocycles. The van der Waals surface area contributed by atoms with Gasteiger partial charge in [0.15, 0.2) is 0 Å². The highest BCUT2D eigenvalue weighted by Gasteiger charge is 2.04. The largest absolute Gasteiger partial charge is 0.286 e. The first-order valence-electron chi connectivity index (χ1n) is 6.59. The maximum absolute atomic E-state index is 4.44. The van der Waals surface area contributed by atoms with E-state index in [2.05, 4.69) is 45.9 Å². The van der Waals surface area contributed by atoms with Gasteiger partial charge in [-0.1, -0.05) is 0 Å². The summed E-state index contributed by atoms with van der Waals surface area (Å²) < 4.78 is 0. The van der Waals surface area contributed by atoms with E-state index in [1.54, 1.807) is 28.2 Å². The minimum atomic E-state index is 0.929. The van der Waals surface area contributed by atoms with Gasteiger partial charge in [0.1, 0.15) is 0 Å². The van der Waals surface area contributed by atoms with Crippen molar-refractivity contribution in [1.29, 1.82) is 0 Å². The van der Waals surface area contributed by atoms with Crippen LogP contribution in [-0.4, -0.2) is 28.2 Å². The van der Waals surface area contributed by atoms with E-state index < -0.39 is 0 Å². The van der Waals surface area contributed by atoms with E-state index in [1.165, 1.54) is 0 Å². The normalized spacial score (nSPS) is 15.7. The molecular formula is C16H20N4. The van der Waals surface area contributed by atoms with Gasteiger partial charge in [-0.3, -0.25) is 20.0 Å². The molecule has 0 aromatic rings. The van der Waals surface area contributed by atoms with Crippen LogP contribution < -0.4 is 21.4 Å². The summed E-state index contributed by atoms with van der Waals surface area (Å²) in [7, 11) is 7.21. The quantitative estimate of drug-likeness (QED) is 0.647. The summed E-state index contributed by atoms with van der Waals surface area (Å²) in [5, 5.41) is 5.93. The lowest BCUT2D eigenvalue weighted by Gasteiger charge is -2.03. The highest BCUT2D eigenvalue weighted by atomic mass is 14.7. The number of hydrogen-bond acceptors (Lipinski definition) is 4. The van der Waals surface area contributed by atoms with E-state index >= 15 is 0 Å². The van der Waals surface area contributed by atoms with Gasteiger partial charge in [0, 0.05) is 38.6 Å². The molecule has 0 N–H and O–H groups in total. The van der Waals surface area contributed by atoms with Crippen LogP contribution in [-0.2, 0) is 0 Å². The maximum Gasteiger partial charge on any atom is 0.0904 e. The van der Waals surface area contributed by atoms with Gasteiger partial charge in [0.05, 0.1) is 21.4 Å². The van der Waals surface area contributed by atoms with Gasteiger partial charge in [-0.15, -0.1) is 0 Å².